The van der Waals surface area contributed by atoms with Crippen LogP contribution in [-0.2, 0) is 0 Å². The molecule has 3 rings (SSSR count). The molecule has 0 N–H and O–H groups in total. The standard InChI is InChI=1S/C14H10ClNS/c1-9-2-4-10(5-3-9)14-16-12-8-11(15)6-7-13(12)17-14/h2-8H,1H3. The molecule has 0 fully saturated rings. The van der Waals surface area contributed by atoms with Gasteiger partial charge in [0.1, 0.15) is 5.01 Å². The summed E-state index contributed by atoms with van der Waals surface area (Å²) in [6.45, 7) is 2.09. The van der Waals surface area contributed by atoms with Crippen molar-refractivity contribution in [3.8, 4) is 10.6 Å². The maximum Gasteiger partial charge on any atom is 0.124 e. The van der Waals surface area contributed by atoms with Crippen LogP contribution in [0.2, 0.25) is 5.02 Å². The first-order valence-corrected chi connectivity index (χ1v) is 6.55. The monoisotopic (exact) mass is 259 g/mol. The molecule has 0 saturated carbocycles. The van der Waals surface area contributed by atoms with Crippen LogP contribution in [0, 0.1) is 6.92 Å². The third-order valence-electron chi connectivity index (χ3n) is 2.65. The van der Waals surface area contributed by atoms with Crippen molar-refractivity contribution < 1.29 is 0 Å². The van der Waals surface area contributed by atoms with Crippen molar-refractivity contribution in [1.82, 2.24) is 4.98 Å². The molecule has 1 aromatic heterocycles. The van der Waals surface area contributed by atoms with Gasteiger partial charge in [-0.25, -0.2) is 4.98 Å². The van der Waals surface area contributed by atoms with E-state index in [-0.39, 0.29) is 0 Å². The molecule has 0 unspecified atom stereocenters. The van der Waals surface area contributed by atoms with Gasteiger partial charge in [0.2, 0.25) is 0 Å². The van der Waals surface area contributed by atoms with Crippen molar-refractivity contribution in [2.45, 2.75) is 6.92 Å². The molecule has 3 aromatic rings. The van der Waals surface area contributed by atoms with Crippen LogP contribution in [0.1, 0.15) is 5.56 Å². The SMILES string of the molecule is Cc1ccc(-c2nc3cc(Cl)ccc3s2)cc1. The van der Waals surface area contributed by atoms with Crippen molar-refractivity contribution in [3.05, 3.63) is 53.1 Å². The normalized spacial score (nSPS) is 10.9. The molecule has 0 aliphatic rings. The number of halogens is 1. The molecule has 2 aromatic carbocycles. The molecule has 3 heteroatoms. The number of aryl methyl sites for hydroxylation is 1. The Morgan fingerprint density at radius 2 is 1.82 bits per heavy atom. The van der Waals surface area contributed by atoms with Crippen molar-refractivity contribution in [3.63, 3.8) is 0 Å². The third kappa shape index (κ3) is 2.06. The van der Waals surface area contributed by atoms with Gasteiger partial charge in [0.05, 0.1) is 10.2 Å². The molecular formula is C14H10ClNS. The van der Waals surface area contributed by atoms with Crippen LogP contribution in [0.4, 0.5) is 0 Å². The Kier molecular flexibility index (Phi) is 2.61. The van der Waals surface area contributed by atoms with Crippen LogP contribution in [0.25, 0.3) is 20.8 Å². The summed E-state index contributed by atoms with van der Waals surface area (Å²) in [5, 5.41) is 1.78. The summed E-state index contributed by atoms with van der Waals surface area (Å²) in [7, 11) is 0. The number of benzene rings is 2. The van der Waals surface area contributed by atoms with Crippen LogP contribution in [-0.4, -0.2) is 4.98 Å². The zero-order valence-corrected chi connectivity index (χ0v) is 10.8. The molecular weight excluding hydrogens is 250 g/mol. The Hall–Kier alpha value is -1.38. The second-order valence-corrected chi connectivity index (χ2v) is 5.46. The van der Waals surface area contributed by atoms with Gasteiger partial charge in [0, 0.05) is 10.6 Å². The van der Waals surface area contributed by atoms with Crippen LogP contribution in [0.15, 0.2) is 42.5 Å². The molecule has 0 saturated heterocycles. The largest absolute Gasteiger partial charge is 0.236 e. The first-order valence-electron chi connectivity index (χ1n) is 5.35. The van der Waals surface area contributed by atoms with Crippen molar-refractivity contribution in [2.24, 2.45) is 0 Å². The number of hydrogen-bond donors (Lipinski definition) is 0. The van der Waals surface area contributed by atoms with Gasteiger partial charge in [-0.1, -0.05) is 41.4 Å². The van der Waals surface area contributed by atoms with Crippen molar-refractivity contribution >= 4 is 33.2 Å². The van der Waals surface area contributed by atoms with Crippen LogP contribution >= 0.6 is 22.9 Å². The van der Waals surface area contributed by atoms with E-state index in [0.29, 0.717) is 0 Å². The van der Waals surface area contributed by atoms with E-state index in [1.165, 1.54) is 10.3 Å². The lowest BCUT2D eigenvalue weighted by atomic mass is 10.2. The fraction of sp³-hybridized carbons (Fsp3) is 0.0714. The summed E-state index contributed by atoms with van der Waals surface area (Å²) in [4.78, 5) is 4.61. The van der Waals surface area contributed by atoms with E-state index in [4.69, 9.17) is 11.6 Å². The van der Waals surface area contributed by atoms with Crippen LogP contribution in [0.5, 0.6) is 0 Å². The Bertz CT molecular complexity index is 670. The third-order valence-corrected chi connectivity index (χ3v) is 3.97. The van der Waals surface area contributed by atoms with Gasteiger partial charge < -0.3 is 0 Å². The van der Waals surface area contributed by atoms with E-state index in [0.717, 1.165) is 21.1 Å². The number of nitrogens with zero attached hydrogens (tertiary/aromatic N) is 1. The fourth-order valence-corrected chi connectivity index (χ4v) is 2.84. The molecule has 0 aliphatic heterocycles. The molecule has 0 amide bonds. The lowest BCUT2D eigenvalue weighted by molar-refractivity contribution is 1.44. The number of rotatable bonds is 1. The average molecular weight is 260 g/mol. The highest BCUT2D eigenvalue weighted by Gasteiger charge is 2.06. The zero-order valence-electron chi connectivity index (χ0n) is 9.27. The number of fused-ring (bicyclic) bond motifs is 1. The maximum atomic E-state index is 5.96. The second kappa shape index (κ2) is 4.13. The van der Waals surface area contributed by atoms with Gasteiger partial charge in [-0.05, 0) is 25.1 Å². The van der Waals surface area contributed by atoms with Crippen LogP contribution in [0.3, 0.4) is 0 Å². The number of aromatic nitrogens is 1. The number of hydrogen-bond acceptors (Lipinski definition) is 2. The van der Waals surface area contributed by atoms with Gasteiger partial charge in [-0.2, -0.15) is 0 Å². The Morgan fingerprint density at radius 3 is 2.59 bits per heavy atom. The van der Waals surface area contributed by atoms with Gasteiger partial charge in [0.15, 0.2) is 0 Å². The Balaban J connectivity index is 2.14. The molecule has 0 atom stereocenters. The molecule has 84 valence electrons. The summed E-state index contributed by atoms with van der Waals surface area (Å²) in [6, 6.07) is 14.3. The topological polar surface area (TPSA) is 12.9 Å². The van der Waals surface area contributed by atoms with E-state index < -0.39 is 0 Å². The predicted octanol–water partition coefficient (Wildman–Crippen LogP) is 4.93. The quantitative estimate of drug-likeness (QED) is 0.604. The Labute approximate surface area is 109 Å². The molecule has 17 heavy (non-hydrogen) atoms. The smallest absolute Gasteiger partial charge is 0.124 e. The van der Waals surface area contributed by atoms with Gasteiger partial charge in [0.25, 0.3) is 0 Å². The molecule has 0 spiro atoms. The molecule has 1 heterocycles. The summed E-state index contributed by atoms with van der Waals surface area (Å²) in [5.41, 5.74) is 3.39. The van der Waals surface area contributed by atoms with E-state index in [9.17, 15) is 0 Å². The second-order valence-electron chi connectivity index (χ2n) is 4.00. The fourth-order valence-electron chi connectivity index (χ4n) is 1.72. The molecule has 0 aliphatic carbocycles. The first kappa shape index (κ1) is 10.8. The van der Waals surface area contributed by atoms with E-state index in [1.807, 2.05) is 18.2 Å². The zero-order chi connectivity index (χ0) is 11.8. The van der Waals surface area contributed by atoms with Gasteiger partial charge >= 0.3 is 0 Å². The highest BCUT2D eigenvalue weighted by Crippen LogP contribution is 2.31. The van der Waals surface area contributed by atoms with E-state index in [2.05, 4.69) is 36.2 Å². The minimum Gasteiger partial charge on any atom is -0.236 e. The Morgan fingerprint density at radius 1 is 1.06 bits per heavy atom. The predicted molar refractivity (Wildman–Crippen MR) is 74.8 cm³/mol. The minimum absolute atomic E-state index is 0.734. The van der Waals surface area contributed by atoms with Crippen LogP contribution < -0.4 is 0 Å². The first-order chi connectivity index (χ1) is 8.22. The van der Waals surface area contributed by atoms with Gasteiger partial charge in [-0.3, -0.25) is 0 Å². The van der Waals surface area contributed by atoms with Crippen molar-refractivity contribution in [1.29, 1.82) is 0 Å². The number of thiazole rings is 1. The lowest BCUT2D eigenvalue weighted by Gasteiger charge is -1.95. The summed E-state index contributed by atoms with van der Waals surface area (Å²) >= 11 is 7.65. The van der Waals surface area contributed by atoms with E-state index >= 15 is 0 Å². The summed E-state index contributed by atoms with van der Waals surface area (Å²) in [5.74, 6) is 0. The summed E-state index contributed by atoms with van der Waals surface area (Å²) in [6.07, 6.45) is 0. The van der Waals surface area contributed by atoms with Crippen molar-refractivity contribution in [2.75, 3.05) is 0 Å². The lowest BCUT2D eigenvalue weighted by Crippen LogP contribution is -1.76. The minimum atomic E-state index is 0.734. The average Bonchev–Trinajstić information content (AvgIpc) is 2.72. The maximum absolute atomic E-state index is 5.96. The molecule has 0 bridgehead atoms. The highest BCUT2D eigenvalue weighted by molar-refractivity contribution is 7.21. The molecule has 0 radical (unpaired) electrons. The van der Waals surface area contributed by atoms with E-state index in [1.54, 1.807) is 11.3 Å². The molecule has 1 nitrogen and oxygen atoms in total. The highest BCUT2D eigenvalue weighted by atomic mass is 35.5. The van der Waals surface area contributed by atoms with Gasteiger partial charge in [-0.15, -0.1) is 11.3 Å². The summed E-state index contributed by atoms with van der Waals surface area (Å²) < 4.78 is 1.17.